The Balaban J connectivity index is 0.000000430. The van der Waals surface area contributed by atoms with E-state index in [-0.39, 0.29) is 11.9 Å². The van der Waals surface area contributed by atoms with Crippen LogP contribution < -0.4 is 20.5 Å². The summed E-state index contributed by atoms with van der Waals surface area (Å²) in [7, 11) is 3.27. The zero-order valence-corrected chi connectivity index (χ0v) is 21.1. The van der Waals surface area contributed by atoms with E-state index in [9.17, 15) is 4.79 Å². The van der Waals surface area contributed by atoms with Gasteiger partial charge in [-0.15, -0.1) is 0 Å². The van der Waals surface area contributed by atoms with Crippen molar-refractivity contribution in [1.29, 1.82) is 0 Å². The number of hydrogen-bond acceptors (Lipinski definition) is 6. The van der Waals surface area contributed by atoms with Gasteiger partial charge in [-0.05, 0) is 63.0 Å². The first-order valence-electron chi connectivity index (χ1n) is 12.1. The van der Waals surface area contributed by atoms with E-state index in [0.29, 0.717) is 42.7 Å². The third kappa shape index (κ3) is 8.97. The van der Waals surface area contributed by atoms with Gasteiger partial charge in [-0.1, -0.05) is 30.3 Å². The van der Waals surface area contributed by atoms with Crippen LogP contribution in [0.5, 0.6) is 11.5 Å². The fourth-order valence-electron chi connectivity index (χ4n) is 3.76. The normalized spacial score (nSPS) is 14.9. The first-order valence-corrected chi connectivity index (χ1v) is 12.1. The van der Waals surface area contributed by atoms with Crippen molar-refractivity contribution in [2.24, 2.45) is 11.7 Å². The maximum Gasteiger partial charge on any atom is 0.254 e. The van der Waals surface area contributed by atoms with Crippen LogP contribution in [0.2, 0.25) is 0 Å². The Bertz CT molecular complexity index is 839. The van der Waals surface area contributed by atoms with E-state index in [4.69, 9.17) is 19.9 Å². The third-order valence-electron chi connectivity index (χ3n) is 5.74. The summed E-state index contributed by atoms with van der Waals surface area (Å²) in [6, 6.07) is 15.5. The lowest BCUT2D eigenvalue weighted by Crippen LogP contribution is -2.40. The van der Waals surface area contributed by atoms with Crippen LogP contribution in [0.15, 0.2) is 48.5 Å². The maximum atomic E-state index is 13.1. The molecule has 1 aliphatic heterocycles. The van der Waals surface area contributed by atoms with Crippen molar-refractivity contribution in [2.45, 2.75) is 39.3 Å². The second-order valence-corrected chi connectivity index (χ2v) is 8.66. The van der Waals surface area contributed by atoms with Crippen LogP contribution in [0.3, 0.4) is 0 Å². The number of hydrogen-bond donors (Lipinski definition) is 2. The van der Waals surface area contributed by atoms with Gasteiger partial charge in [0, 0.05) is 44.8 Å². The van der Waals surface area contributed by atoms with Crippen molar-refractivity contribution in [3.05, 3.63) is 59.7 Å². The largest absolute Gasteiger partial charge is 0.493 e. The Labute approximate surface area is 204 Å². The highest BCUT2D eigenvalue weighted by Gasteiger charge is 2.25. The van der Waals surface area contributed by atoms with Crippen LogP contribution in [0.1, 0.15) is 42.6 Å². The summed E-state index contributed by atoms with van der Waals surface area (Å²) in [6.07, 6.45) is 1.90. The third-order valence-corrected chi connectivity index (χ3v) is 5.74. The minimum atomic E-state index is 0.0382. The molecule has 0 spiro atoms. The number of nitrogens with one attached hydrogen (secondary N) is 1. The minimum absolute atomic E-state index is 0.0382. The van der Waals surface area contributed by atoms with Crippen molar-refractivity contribution in [2.75, 3.05) is 47.1 Å². The first kappa shape index (κ1) is 27.6. The smallest absolute Gasteiger partial charge is 0.254 e. The SMILES string of the molecule is COCCCOc1cc(C(=O)N(CC2CCNC2)C(C)C)ccc1OC.NCc1ccccc1. The average molecular weight is 472 g/mol. The second-order valence-electron chi connectivity index (χ2n) is 8.66. The highest BCUT2D eigenvalue weighted by Crippen LogP contribution is 2.29. The Kier molecular flexibility index (Phi) is 12.5. The molecule has 1 fully saturated rings. The summed E-state index contributed by atoms with van der Waals surface area (Å²) in [6.45, 7) is 8.71. The van der Waals surface area contributed by atoms with Gasteiger partial charge in [-0.2, -0.15) is 0 Å². The molecule has 1 amide bonds. The number of amides is 1. The summed E-state index contributed by atoms with van der Waals surface area (Å²) in [5, 5.41) is 3.37. The zero-order valence-electron chi connectivity index (χ0n) is 21.1. The molecule has 3 N–H and O–H groups in total. The molecule has 0 radical (unpaired) electrons. The Morgan fingerprint density at radius 1 is 1.12 bits per heavy atom. The monoisotopic (exact) mass is 471 g/mol. The molecule has 0 aliphatic carbocycles. The molecule has 2 aromatic rings. The predicted molar refractivity (Wildman–Crippen MR) is 136 cm³/mol. The van der Waals surface area contributed by atoms with E-state index in [1.54, 1.807) is 26.4 Å². The zero-order chi connectivity index (χ0) is 24.8. The van der Waals surface area contributed by atoms with Crippen LogP contribution in [0, 0.1) is 5.92 Å². The number of rotatable bonds is 11. The summed E-state index contributed by atoms with van der Waals surface area (Å²) < 4.78 is 16.2. The molecule has 34 heavy (non-hydrogen) atoms. The summed E-state index contributed by atoms with van der Waals surface area (Å²) in [5.41, 5.74) is 7.17. The molecule has 188 valence electrons. The van der Waals surface area contributed by atoms with E-state index in [2.05, 4.69) is 19.2 Å². The van der Waals surface area contributed by atoms with E-state index in [0.717, 1.165) is 32.5 Å². The van der Waals surface area contributed by atoms with Gasteiger partial charge in [-0.25, -0.2) is 0 Å². The predicted octanol–water partition coefficient (Wildman–Crippen LogP) is 3.72. The molecule has 1 heterocycles. The fourth-order valence-corrected chi connectivity index (χ4v) is 3.76. The van der Waals surface area contributed by atoms with Crippen molar-refractivity contribution >= 4 is 5.91 Å². The molecule has 2 aromatic carbocycles. The van der Waals surface area contributed by atoms with Crippen LogP contribution in [-0.2, 0) is 11.3 Å². The molecule has 1 aliphatic rings. The van der Waals surface area contributed by atoms with Gasteiger partial charge < -0.3 is 30.2 Å². The first-order chi connectivity index (χ1) is 16.5. The van der Waals surface area contributed by atoms with Crippen LogP contribution in [0.4, 0.5) is 0 Å². The Hall–Kier alpha value is -2.61. The van der Waals surface area contributed by atoms with Gasteiger partial charge in [0.2, 0.25) is 0 Å². The molecule has 1 unspecified atom stereocenters. The van der Waals surface area contributed by atoms with Gasteiger partial charge >= 0.3 is 0 Å². The molecule has 3 rings (SSSR count). The number of nitrogens with two attached hydrogens (primary N) is 1. The molecular weight excluding hydrogens is 430 g/mol. The van der Waals surface area contributed by atoms with Gasteiger partial charge in [-0.3, -0.25) is 4.79 Å². The summed E-state index contributed by atoms with van der Waals surface area (Å²) >= 11 is 0. The number of ether oxygens (including phenoxy) is 3. The van der Waals surface area contributed by atoms with Gasteiger partial charge in [0.25, 0.3) is 5.91 Å². The van der Waals surface area contributed by atoms with Crippen LogP contribution in [0.25, 0.3) is 0 Å². The maximum absolute atomic E-state index is 13.1. The van der Waals surface area contributed by atoms with Crippen molar-refractivity contribution in [3.63, 3.8) is 0 Å². The minimum Gasteiger partial charge on any atom is -0.493 e. The van der Waals surface area contributed by atoms with E-state index >= 15 is 0 Å². The average Bonchev–Trinajstić information content (AvgIpc) is 3.39. The molecule has 0 bridgehead atoms. The molecular formula is C27H41N3O4. The van der Waals surface area contributed by atoms with E-state index in [1.165, 1.54) is 5.56 Å². The lowest BCUT2D eigenvalue weighted by atomic mass is 10.1. The van der Waals surface area contributed by atoms with E-state index < -0.39 is 0 Å². The Morgan fingerprint density at radius 3 is 2.44 bits per heavy atom. The highest BCUT2D eigenvalue weighted by atomic mass is 16.5. The summed E-state index contributed by atoms with van der Waals surface area (Å²) in [4.78, 5) is 15.0. The lowest BCUT2D eigenvalue weighted by molar-refractivity contribution is 0.0676. The van der Waals surface area contributed by atoms with Gasteiger partial charge in [0.05, 0.1) is 13.7 Å². The second kappa shape index (κ2) is 15.3. The Morgan fingerprint density at radius 2 is 1.88 bits per heavy atom. The number of carbonyl (C=O) groups is 1. The van der Waals surface area contributed by atoms with Crippen LogP contribution >= 0.6 is 0 Å². The molecule has 7 nitrogen and oxygen atoms in total. The molecule has 0 aromatic heterocycles. The van der Waals surface area contributed by atoms with Crippen molar-refractivity contribution < 1.29 is 19.0 Å². The molecule has 1 saturated heterocycles. The standard InChI is InChI=1S/C20H32N2O4.C7H9N/c1-15(2)22(14-16-8-9-21-13-16)20(23)17-6-7-18(25-4)19(12-17)26-11-5-10-24-3;8-6-7-4-2-1-3-5-7/h6-7,12,15-16,21H,5,8-11,13-14H2,1-4H3;1-5H,6,8H2. The number of nitrogens with zero attached hydrogens (tertiary/aromatic N) is 1. The van der Waals surface area contributed by atoms with Gasteiger partial charge in [0.1, 0.15) is 0 Å². The van der Waals surface area contributed by atoms with Crippen molar-refractivity contribution in [1.82, 2.24) is 10.2 Å². The number of carbonyl (C=O) groups excluding carboxylic acids is 1. The molecule has 0 saturated carbocycles. The van der Waals surface area contributed by atoms with E-state index in [1.807, 2.05) is 41.3 Å². The lowest BCUT2D eigenvalue weighted by Gasteiger charge is -2.29. The quantitative estimate of drug-likeness (QED) is 0.486. The summed E-state index contributed by atoms with van der Waals surface area (Å²) in [5.74, 6) is 1.79. The van der Waals surface area contributed by atoms with Gasteiger partial charge in [0.15, 0.2) is 11.5 Å². The molecule has 7 heteroatoms. The molecule has 1 atom stereocenters. The number of benzene rings is 2. The fraction of sp³-hybridized carbons (Fsp3) is 0.519. The highest BCUT2D eigenvalue weighted by molar-refractivity contribution is 5.95. The number of methoxy groups -OCH3 is 2. The van der Waals surface area contributed by atoms with Crippen LogP contribution in [-0.4, -0.2) is 63.9 Å². The topological polar surface area (TPSA) is 86.0 Å². The van der Waals surface area contributed by atoms with Crippen molar-refractivity contribution in [3.8, 4) is 11.5 Å².